The van der Waals surface area contributed by atoms with Gasteiger partial charge in [0.1, 0.15) is 11.5 Å². The Morgan fingerprint density at radius 3 is 2.31 bits per heavy atom. The van der Waals surface area contributed by atoms with Crippen molar-refractivity contribution in [1.29, 1.82) is 0 Å². The molecule has 0 atom stereocenters. The topological polar surface area (TPSA) is 55.8 Å². The van der Waals surface area contributed by atoms with Gasteiger partial charge >= 0.3 is 6.18 Å². The molecule has 0 unspecified atom stereocenters. The first kappa shape index (κ1) is 20.1. The monoisotopic (exact) mass is 389 g/mol. The molecule has 0 saturated heterocycles. The van der Waals surface area contributed by atoms with Gasteiger partial charge in [-0.1, -0.05) is 12.1 Å². The number of nitrogens with zero attached hydrogens (tertiary/aromatic N) is 1. The Hall–Kier alpha value is -2.26. The molecule has 0 bridgehead atoms. The summed E-state index contributed by atoms with van der Waals surface area (Å²) in [5, 5.41) is 0. The van der Waals surface area contributed by atoms with E-state index in [2.05, 4.69) is 0 Å². The van der Waals surface area contributed by atoms with Crippen molar-refractivity contribution in [3.8, 4) is 11.5 Å². The van der Waals surface area contributed by atoms with Crippen LogP contribution >= 0.6 is 0 Å². The van der Waals surface area contributed by atoms with Crippen LogP contribution in [0.4, 0.5) is 13.2 Å². The van der Waals surface area contributed by atoms with Gasteiger partial charge in [0.05, 0.1) is 24.7 Å². The molecule has 0 heterocycles. The first-order valence-electron chi connectivity index (χ1n) is 7.44. The minimum Gasteiger partial charge on any atom is -0.497 e. The summed E-state index contributed by atoms with van der Waals surface area (Å²) < 4.78 is 75.0. The van der Waals surface area contributed by atoms with Crippen molar-refractivity contribution in [3.05, 3.63) is 53.6 Å². The van der Waals surface area contributed by atoms with Crippen molar-refractivity contribution in [3.63, 3.8) is 0 Å². The van der Waals surface area contributed by atoms with Crippen molar-refractivity contribution in [2.45, 2.75) is 17.6 Å². The van der Waals surface area contributed by atoms with E-state index in [4.69, 9.17) is 9.47 Å². The number of rotatable bonds is 6. The van der Waals surface area contributed by atoms with E-state index in [0.717, 1.165) is 22.5 Å². The van der Waals surface area contributed by atoms with E-state index < -0.39 is 26.7 Å². The number of hydrogen-bond acceptors (Lipinski definition) is 4. The average Bonchev–Trinajstić information content (AvgIpc) is 2.61. The number of halogens is 3. The lowest BCUT2D eigenvalue weighted by Gasteiger charge is -2.19. The molecule has 0 aliphatic carbocycles. The van der Waals surface area contributed by atoms with Gasteiger partial charge in [-0.3, -0.25) is 0 Å². The molecule has 2 rings (SSSR count). The summed E-state index contributed by atoms with van der Waals surface area (Å²) in [7, 11) is 0.0918. The standard InChI is InChI=1S/C17H18F3NO4S/c1-21(11-12-7-8-14(24-2)10-16(12)25-3)26(22,23)15-6-4-5-13(9-15)17(18,19)20/h4-10H,11H2,1-3H3. The van der Waals surface area contributed by atoms with Crippen molar-refractivity contribution in [1.82, 2.24) is 4.31 Å². The molecule has 0 N–H and O–H groups in total. The van der Waals surface area contributed by atoms with Crippen LogP contribution in [0.15, 0.2) is 47.4 Å². The molecule has 0 saturated carbocycles. The number of ether oxygens (including phenoxy) is 2. The molecule has 5 nitrogen and oxygen atoms in total. The maximum Gasteiger partial charge on any atom is 0.416 e. The van der Waals surface area contributed by atoms with Gasteiger partial charge in [0, 0.05) is 25.2 Å². The maximum atomic E-state index is 12.8. The van der Waals surface area contributed by atoms with Crippen molar-refractivity contribution >= 4 is 10.0 Å². The van der Waals surface area contributed by atoms with Gasteiger partial charge < -0.3 is 9.47 Å². The molecule has 0 radical (unpaired) electrons. The maximum absolute atomic E-state index is 12.8. The Bertz CT molecular complexity index is 882. The molecule has 0 fully saturated rings. The number of hydrogen-bond donors (Lipinski definition) is 0. The van der Waals surface area contributed by atoms with E-state index in [0.29, 0.717) is 23.1 Å². The second-order valence-electron chi connectivity index (χ2n) is 5.46. The van der Waals surface area contributed by atoms with Gasteiger partial charge in [-0.05, 0) is 24.3 Å². The zero-order chi connectivity index (χ0) is 19.5. The third kappa shape index (κ3) is 4.28. The number of methoxy groups -OCH3 is 2. The number of alkyl halides is 3. The van der Waals surface area contributed by atoms with Gasteiger partial charge in [-0.25, -0.2) is 8.42 Å². The summed E-state index contributed by atoms with van der Waals surface area (Å²) in [4.78, 5) is -0.428. The van der Waals surface area contributed by atoms with E-state index in [1.165, 1.54) is 21.3 Å². The van der Waals surface area contributed by atoms with E-state index in [9.17, 15) is 21.6 Å². The largest absolute Gasteiger partial charge is 0.497 e. The highest BCUT2D eigenvalue weighted by atomic mass is 32.2. The lowest BCUT2D eigenvalue weighted by atomic mass is 10.2. The molecule has 9 heteroatoms. The van der Waals surface area contributed by atoms with Crippen LogP contribution in [0.3, 0.4) is 0 Å². The smallest absolute Gasteiger partial charge is 0.416 e. The Labute approximate surface area is 150 Å². The summed E-state index contributed by atoms with van der Waals surface area (Å²) in [6.07, 6.45) is -4.62. The molecular formula is C17H18F3NO4S. The van der Waals surface area contributed by atoms with Crippen LogP contribution in [0, 0.1) is 0 Å². The lowest BCUT2D eigenvalue weighted by molar-refractivity contribution is -0.137. The van der Waals surface area contributed by atoms with Crippen LogP contribution in [-0.4, -0.2) is 34.0 Å². The van der Waals surface area contributed by atoms with Crippen LogP contribution < -0.4 is 9.47 Å². The summed E-state index contributed by atoms with van der Waals surface area (Å²) in [6.45, 7) is -0.0776. The first-order valence-corrected chi connectivity index (χ1v) is 8.88. The van der Waals surface area contributed by atoms with Crippen molar-refractivity contribution < 1.29 is 31.1 Å². The van der Waals surface area contributed by atoms with E-state index in [-0.39, 0.29) is 6.54 Å². The summed E-state index contributed by atoms with van der Waals surface area (Å²) in [5.74, 6) is 0.949. The van der Waals surface area contributed by atoms with E-state index in [1.54, 1.807) is 18.2 Å². The number of sulfonamides is 1. The molecule has 0 aliphatic rings. The molecule has 2 aromatic carbocycles. The summed E-state index contributed by atoms with van der Waals surface area (Å²) >= 11 is 0. The Balaban J connectivity index is 2.33. The van der Waals surface area contributed by atoms with Gasteiger partial charge in [0.15, 0.2) is 0 Å². The average molecular weight is 389 g/mol. The molecule has 0 aliphatic heterocycles. The number of benzene rings is 2. The van der Waals surface area contributed by atoms with Crippen LogP contribution in [0.1, 0.15) is 11.1 Å². The third-order valence-electron chi connectivity index (χ3n) is 3.76. The third-order valence-corrected chi connectivity index (χ3v) is 5.56. The second-order valence-corrected chi connectivity index (χ2v) is 7.51. The SMILES string of the molecule is COc1ccc(CN(C)S(=O)(=O)c2cccc(C(F)(F)F)c2)c(OC)c1. The normalized spacial score (nSPS) is 12.3. The Morgan fingerprint density at radius 1 is 1.04 bits per heavy atom. The summed E-state index contributed by atoms with van der Waals surface area (Å²) in [5.41, 5.74) is -0.472. The fraction of sp³-hybridized carbons (Fsp3) is 0.294. The van der Waals surface area contributed by atoms with Gasteiger partial charge in [0.2, 0.25) is 10.0 Å². The lowest BCUT2D eigenvalue weighted by Crippen LogP contribution is -2.27. The van der Waals surface area contributed by atoms with Gasteiger partial charge in [-0.15, -0.1) is 0 Å². The highest BCUT2D eigenvalue weighted by Gasteiger charge is 2.32. The molecule has 0 spiro atoms. The Morgan fingerprint density at radius 2 is 1.73 bits per heavy atom. The predicted molar refractivity (Wildman–Crippen MR) is 89.6 cm³/mol. The van der Waals surface area contributed by atoms with Crippen molar-refractivity contribution in [2.75, 3.05) is 21.3 Å². The van der Waals surface area contributed by atoms with Crippen LogP contribution in [0.25, 0.3) is 0 Å². The molecular weight excluding hydrogens is 371 g/mol. The molecule has 26 heavy (non-hydrogen) atoms. The van der Waals surface area contributed by atoms with E-state index in [1.807, 2.05) is 0 Å². The van der Waals surface area contributed by atoms with Crippen LogP contribution in [-0.2, 0) is 22.7 Å². The Kier molecular flexibility index (Phi) is 5.82. The molecule has 142 valence electrons. The van der Waals surface area contributed by atoms with Crippen LogP contribution in [0.2, 0.25) is 0 Å². The van der Waals surface area contributed by atoms with Crippen molar-refractivity contribution in [2.24, 2.45) is 0 Å². The highest BCUT2D eigenvalue weighted by Crippen LogP contribution is 2.32. The molecule has 0 aromatic heterocycles. The first-order chi connectivity index (χ1) is 12.1. The second kappa shape index (κ2) is 7.55. The quantitative estimate of drug-likeness (QED) is 0.758. The van der Waals surface area contributed by atoms with Crippen LogP contribution in [0.5, 0.6) is 11.5 Å². The predicted octanol–water partition coefficient (Wildman–Crippen LogP) is 3.54. The van der Waals surface area contributed by atoms with Gasteiger partial charge in [0.25, 0.3) is 0 Å². The summed E-state index contributed by atoms with van der Waals surface area (Å²) in [6, 6.07) is 8.52. The molecule has 2 aromatic rings. The fourth-order valence-corrected chi connectivity index (χ4v) is 3.52. The van der Waals surface area contributed by atoms with Gasteiger partial charge in [-0.2, -0.15) is 17.5 Å². The molecule has 0 amide bonds. The zero-order valence-corrected chi connectivity index (χ0v) is 15.2. The minimum absolute atomic E-state index is 0.0776. The fourth-order valence-electron chi connectivity index (χ4n) is 2.32. The zero-order valence-electron chi connectivity index (χ0n) is 14.4. The van der Waals surface area contributed by atoms with E-state index >= 15 is 0 Å². The minimum atomic E-state index is -4.62. The highest BCUT2D eigenvalue weighted by molar-refractivity contribution is 7.89.